The molecule has 1 atom stereocenters. The molecule has 3 aromatic rings. The molecule has 2 N–H and O–H groups in total. The maximum atomic E-state index is 12.5. The highest BCUT2D eigenvalue weighted by Crippen LogP contribution is 2.40. The van der Waals surface area contributed by atoms with Crippen LogP contribution in [0, 0.1) is 0 Å². The molecule has 1 fully saturated rings. The Morgan fingerprint density at radius 3 is 2.78 bits per heavy atom. The first-order valence-corrected chi connectivity index (χ1v) is 10.8. The summed E-state index contributed by atoms with van der Waals surface area (Å²) in [4.78, 5) is 48.4. The predicted octanol–water partition coefficient (Wildman–Crippen LogP) is 2.24. The van der Waals surface area contributed by atoms with Crippen molar-refractivity contribution in [2.24, 2.45) is 0 Å². The molecule has 4 rings (SSSR count). The number of thioether (sulfide) groups is 1. The van der Waals surface area contributed by atoms with Crippen molar-refractivity contribution >= 4 is 40.5 Å². The second-order valence-corrected chi connectivity index (χ2v) is 8.03. The fourth-order valence-electron chi connectivity index (χ4n) is 3.31. The van der Waals surface area contributed by atoms with Gasteiger partial charge in [-0.3, -0.25) is 19.8 Å². The number of nitrogens with one attached hydrogen (secondary N) is 2. The molecule has 1 unspecified atom stereocenters. The van der Waals surface area contributed by atoms with Gasteiger partial charge in [0.1, 0.15) is 5.37 Å². The summed E-state index contributed by atoms with van der Waals surface area (Å²) in [5.41, 5.74) is 4.51. The van der Waals surface area contributed by atoms with E-state index in [0.29, 0.717) is 22.7 Å². The highest BCUT2D eigenvalue weighted by Gasteiger charge is 2.35. The van der Waals surface area contributed by atoms with Crippen LogP contribution in [0.1, 0.15) is 34.4 Å². The fraction of sp³-hybridized carbons (Fsp3) is 0.286. The Kier molecular flexibility index (Phi) is 6.26. The zero-order valence-corrected chi connectivity index (χ0v) is 18.3. The number of pyridine rings is 1. The number of hydrazine groups is 1. The highest BCUT2D eigenvalue weighted by atomic mass is 32.2. The van der Waals surface area contributed by atoms with Crippen LogP contribution in [0.4, 0.5) is 0 Å². The number of fused-ring (bicyclic) bond motifs is 1. The van der Waals surface area contributed by atoms with Crippen LogP contribution in [-0.2, 0) is 9.59 Å². The predicted molar refractivity (Wildman–Crippen MR) is 117 cm³/mol. The number of methoxy groups -OCH3 is 2. The molecule has 32 heavy (non-hydrogen) atoms. The van der Waals surface area contributed by atoms with Crippen LogP contribution in [0.15, 0.2) is 36.5 Å². The third-order valence-corrected chi connectivity index (χ3v) is 6.12. The lowest BCUT2D eigenvalue weighted by Crippen LogP contribution is -2.44. The van der Waals surface area contributed by atoms with E-state index in [2.05, 4.69) is 20.4 Å². The largest absolute Gasteiger partial charge is 0.493 e. The first-order valence-electron chi connectivity index (χ1n) is 9.79. The average Bonchev–Trinajstić information content (AvgIpc) is 3.41. The maximum Gasteiger partial charge on any atom is 0.252 e. The second-order valence-electron chi connectivity index (χ2n) is 6.96. The second kappa shape index (κ2) is 9.27. The third kappa shape index (κ3) is 4.37. The normalized spacial score (nSPS) is 15.8. The van der Waals surface area contributed by atoms with E-state index >= 15 is 0 Å². The topological polar surface area (TPSA) is 127 Å². The molecule has 0 aliphatic carbocycles. The Morgan fingerprint density at radius 1 is 1.22 bits per heavy atom. The minimum absolute atomic E-state index is 0.0537. The number of rotatable bonds is 8. The van der Waals surface area contributed by atoms with E-state index in [1.807, 2.05) is 6.07 Å². The Morgan fingerprint density at radius 2 is 2.03 bits per heavy atom. The SMILES string of the molecule is COc1ccc(C2SCC(=O)N2NC(=O)CCC(=O)c2nc3ncccc3[nH]2)cc1OC. The number of aromatic nitrogens is 3. The van der Waals surface area contributed by atoms with E-state index in [9.17, 15) is 14.4 Å². The number of hydrogen-bond acceptors (Lipinski definition) is 8. The standard InChI is InChI=1S/C21H21N5O5S/c1-30-15-7-5-12(10-16(15)31-2)21-26(18(29)11-32-21)25-17(28)8-6-14(27)20-23-13-4-3-9-22-19(13)24-20/h3-5,7,9-10,21H,6,8,11H2,1-2H3,(H,25,28)(H,22,23,24). The molecule has 3 heterocycles. The van der Waals surface area contributed by atoms with Gasteiger partial charge in [0.25, 0.3) is 5.91 Å². The lowest BCUT2D eigenvalue weighted by molar-refractivity contribution is -0.139. The van der Waals surface area contributed by atoms with Gasteiger partial charge in [-0.05, 0) is 29.8 Å². The minimum atomic E-state index is -0.436. The van der Waals surface area contributed by atoms with Crippen LogP contribution in [0.5, 0.6) is 11.5 Å². The first kappa shape index (κ1) is 21.6. The molecule has 1 aromatic carbocycles. The molecular formula is C21H21N5O5S. The van der Waals surface area contributed by atoms with Gasteiger partial charge in [0.15, 0.2) is 28.8 Å². The number of aromatic amines is 1. The molecule has 1 aliphatic rings. The lowest BCUT2D eigenvalue weighted by Gasteiger charge is -2.25. The number of ketones is 1. The number of benzene rings is 1. The molecule has 0 bridgehead atoms. The summed E-state index contributed by atoms with van der Waals surface area (Å²) in [5.74, 6) is 0.512. The first-order chi connectivity index (χ1) is 15.5. The van der Waals surface area contributed by atoms with Gasteiger partial charge in [-0.1, -0.05) is 6.07 Å². The van der Waals surface area contributed by atoms with E-state index in [1.54, 1.807) is 37.6 Å². The van der Waals surface area contributed by atoms with Crippen molar-refractivity contribution < 1.29 is 23.9 Å². The van der Waals surface area contributed by atoms with Crippen LogP contribution in [0.2, 0.25) is 0 Å². The van der Waals surface area contributed by atoms with Crippen LogP contribution in [-0.4, -0.2) is 57.5 Å². The Labute approximate surface area is 187 Å². The Balaban J connectivity index is 1.40. The van der Waals surface area contributed by atoms with Crippen LogP contribution >= 0.6 is 11.8 Å². The summed E-state index contributed by atoms with van der Waals surface area (Å²) in [6.45, 7) is 0. The average molecular weight is 455 g/mol. The number of nitrogens with zero attached hydrogens (tertiary/aromatic N) is 3. The number of amides is 2. The van der Waals surface area contributed by atoms with Gasteiger partial charge in [-0.15, -0.1) is 11.8 Å². The maximum absolute atomic E-state index is 12.5. The monoisotopic (exact) mass is 455 g/mol. The van der Waals surface area contributed by atoms with Gasteiger partial charge in [0.2, 0.25) is 5.91 Å². The van der Waals surface area contributed by atoms with Crippen molar-refractivity contribution in [1.82, 2.24) is 25.4 Å². The summed E-state index contributed by atoms with van der Waals surface area (Å²) < 4.78 is 10.6. The van der Waals surface area contributed by atoms with E-state index in [1.165, 1.54) is 23.9 Å². The number of imidazole rings is 1. The molecule has 166 valence electrons. The summed E-state index contributed by atoms with van der Waals surface area (Å²) in [5, 5.41) is 0.882. The van der Waals surface area contributed by atoms with Gasteiger partial charge in [-0.25, -0.2) is 15.0 Å². The molecule has 0 spiro atoms. The lowest BCUT2D eigenvalue weighted by atomic mass is 10.2. The molecule has 1 aliphatic heterocycles. The molecule has 10 nitrogen and oxygen atoms in total. The van der Waals surface area contributed by atoms with Gasteiger partial charge in [0, 0.05) is 19.0 Å². The zero-order chi connectivity index (χ0) is 22.7. The molecule has 0 radical (unpaired) electrons. The quantitative estimate of drug-likeness (QED) is 0.495. The number of H-pyrrole nitrogens is 1. The summed E-state index contributed by atoms with van der Waals surface area (Å²) >= 11 is 1.39. The van der Waals surface area contributed by atoms with Crippen molar-refractivity contribution in [3.63, 3.8) is 0 Å². The minimum Gasteiger partial charge on any atom is -0.493 e. The summed E-state index contributed by atoms with van der Waals surface area (Å²) in [6, 6.07) is 8.84. The Hall–Kier alpha value is -3.60. The highest BCUT2D eigenvalue weighted by molar-refractivity contribution is 8.00. The van der Waals surface area contributed by atoms with Crippen molar-refractivity contribution in [3.8, 4) is 11.5 Å². The van der Waals surface area contributed by atoms with E-state index in [0.717, 1.165) is 5.56 Å². The van der Waals surface area contributed by atoms with Crippen molar-refractivity contribution in [2.75, 3.05) is 20.0 Å². The molecule has 2 aromatic heterocycles. The zero-order valence-electron chi connectivity index (χ0n) is 17.5. The summed E-state index contributed by atoms with van der Waals surface area (Å²) in [6.07, 6.45) is 1.45. The van der Waals surface area contributed by atoms with Crippen molar-refractivity contribution in [2.45, 2.75) is 18.2 Å². The van der Waals surface area contributed by atoms with Gasteiger partial charge in [-0.2, -0.15) is 0 Å². The van der Waals surface area contributed by atoms with E-state index in [-0.39, 0.29) is 36.1 Å². The number of Topliss-reactive ketones (excluding diaryl/α,β-unsaturated/α-hetero) is 1. The van der Waals surface area contributed by atoms with Gasteiger partial charge < -0.3 is 14.5 Å². The van der Waals surface area contributed by atoms with Gasteiger partial charge >= 0.3 is 0 Å². The number of carbonyl (C=O) groups is 3. The summed E-state index contributed by atoms with van der Waals surface area (Å²) in [7, 11) is 3.07. The Bertz CT molecular complexity index is 1150. The van der Waals surface area contributed by atoms with Crippen LogP contribution in [0.25, 0.3) is 11.2 Å². The molecular weight excluding hydrogens is 434 g/mol. The van der Waals surface area contributed by atoms with Gasteiger partial charge in [0.05, 0.1) is 25.5 Å². The van der Waals surface area contributed by atoms with E-state index < -0.39 is 11.3 Å². The van der Waals surface area contributed by atoms with Crippen LogP contribution in [0.3, 0.4) is 0 Å². The van der Waals surface area contributed by atoms with E-state index in [4.69, 9.17) is 9.47 Å². The van der Waals surface area contributed by atoms with Crippen molar-refractivity contribution in [1.29, 1.82) is 0 Å². The molecule has 11 heteroatoms. The fourth-order valence-corrected chi connectivity index (χ4v) is 4.41. The van der Waals surface area contributed by atoms with Crippen molar-refractivity contribution in [3.05, 3.63) is 47.9 Å². The molecule has 1 saturated heterocycles. The smallest absolute Gasteiger partial charge is 0.252 e. The van der Waals surface area contributed by atoms with Crippen LogP contribution < -0.4 is 14.9 Å². The number of hydrogen-bond donors (Lipinski definition) is 2. The third-order valence-electron chi connectivity index (χ3n) is 4.91. The molecule has 2 amide bonds. The molecule has 0 saturated carbocycles. The number of ether oxygens (including phenoxy) is 2. The number of carbonyl (C=O) groups excluding carboxylic acids is 3.